The first-order valence-corrected chi connectivity index (χ1v) is 11.4. The van der Waals surface area contributed by atoms with Gasteiger partial charge in [0.05, 0.1) is 21.7 Å². The zero-order chi connectivity index (χ0) is 25.1. The van der Waals surface area contributed by atoms with E-state index in [2.05, 4.69) is 15.6 Å². The fourth-order valence-electron chi connectivity index (χ4n) is 3.55. The molecular weight excluding hydrogens is 498 g/mol. The molecular formula is C23H22Cl2FN6O3+. The van der Waals surface area contributed by atoms with E-state index in [1.54, 1.807) is 29.2 Å². The summed E-state index contributed by atoms with van der Waals surface area (Å²) in [6, 6.07) is 8.94. The molecule has 0 spiro atoms. The molecule has 2 aromatic rings. The summed E-state index contributed by atoms with van der Waals surface area (Å²) in [5, 5.41) is 11.6. The smallest absolute Gasteiger partial charge is 0.319 e. The van der Waals surface area contributed by atoms with Gasteiger partial charge in [-0.05, 0) is 36.4 Å². The van der Waals surface area contributed by atoms with Crippen molar-refractivity contribution in [1.29, 1.82) is 0 Å². The monoisotopic (exact) mass is 519 g/mol. The van der Waals surface area contributed by atoms with Crippen molar-refractivity contribution in [2.75, 3.05) is 31.5 Å². The minimum atomic E-state index is -1.09. The third kappa shape index (κ3) is 5.45. The summed E-state index contributed by atoms with van der Waals surface area (Å²) in [6.07, 6.45) is 0.117. The number of piperazine rings is 1. The molecule has 2 aliphatic heterocycles. The van der Waals surface area contributed by atoms with Crippen LogP contribution in [0.5, 0.6) is 0 Å². The third-order valence-electron chi connectivity index (χ3n) is 5.42. The summed E-state index contributed by atoms with van der Waals surface area (Å²) >= 11 is 12.1. The van der Waals surface area contributed by atoms with Crippen LogP contribution in [0.3, 0.4) is 0 Å². The zero-order valence-corrected chi connectivity index (χ0v) is 19.9. The molecule has 1 atom stereocenters. The summed E-state index contributed by atoms with van der Waals surface area (Å²) in [7, 11) is 0. The predicted molar refractivity (Wildman–Crippen MR) is 131 cm³/mol. The molecule has 1 saturated heterocycles. The molecule has 1 fully saturated rings. The maximum Gasteiger partial charge on any atom is 0.319 e. The van der Waals surface area contributed by atoms with Crippen LogP contribution in [0.2, 0.25) is 10.0 Å². The van der Waals surface area contributed by atoms with Gasteiger partial charge in [0, 0.05) is 37.4 Å². The van der Waals surface area contributed by atoms with E-state index < -0.39 is 18.0 Å². The van der Waals surface area contributed by atoms with Crippen molar-refractivity contribution in [2.45, 2.75) is 6.23 Å². The number of nitrogens with zero attached hydrogens (tertiary/aromatic N) is 2. The number of rotatable bonds is 5. The van der Waals surface area contributed by atoms with Crippen LogP contribution < -0.4 is 21.8 Å². The van der Waals surface area contributed by atoms with Gasteiger partial charge in [0.1, 0.15) is 5.82 Å². The van der Waals surface area contributed by atoms with E-state index in [1.807, 2.05) is 0 Å². The van der Waals surface area contributed by atoms with Crippen LogP contribution in [0.15, 0.2) is 53.2 Å². The van der Waals surface area contributed by atoms with Crippen molar-refractivity contribution in [2.24, 2.45) is 10.7 Å². The number of amidine groups is 1. The van der Waals surface area contributed by atoms with Gasteiger partial charge in [-0.25, -0.2) is 14.8 Å². The average molecular weight is 520 g/mol. The normalized spacial score (nSPS) is 18.7. The summed E-state index contributed by atoms with van der Waals surface area (Å²) in [5.41, 5.74) is 6.75. The van der Waals surface area contributed by atoms with Gasteiger partial charge in [-0.2, -0.15) is 0 Å². The standard InChI is InChI=1S/C23H21Cl2FN6O3/c24-14-5-6-15(26)19(25)18(14)22-31-20(28)17(35-22)11-16(27)21(33)30-13-3-1-12(2-4-13)23(34)32-9-7-29-8-10-32/h1-6,11,22,27,29H,7-10H2,(H2,28,31)(H,30,33)/p+1/b17-11+,27-16?/t22-/m0/s1. The second-order valence-electron chi connectivity index (χ2n) is 7.78. The van der Waals surface area contributed by atoms with E-state index in [1.165, 1.54) is 12.1 Å². The van der Waals surface area contributed by atoms with Crippen molar-refractivity contribution in [3.8, 4) is 0 Å². The number of amides is 2. The van der Waals surface area contributed by atoms with Crippen molar-refractivity contribution < 1.29 is 24.1 Å². The molecule has 0 aliphatic carbocycles. The van der Waals surface area contributed by atoms with Crippen LogP contribution in [0, 0.1) is 5.82 Å². The number of ether oxygens (including phenoxy) is 1. The number of nitrogens with two attached hydrogens (primary N) is 2. The lowest BCUT2D eigenvalue weighted by Gasteiger charge is -2.27. The summed E-state index contributed by atoms with van der Waals surface area (Å²) in [6.45, 7) is 2.80. The second-order valence-corrected chi connectivity index (χ2v) is 8.56. The highest BCUT2D eigenvalue weighted by Crippen LogP contribution is 2.38. The fraction of sp³-hybridized carbons (Fsp3) is 0.217. The first-order valence-electron chi connectivity index (χ1n) is 10.6. The second kappa shape index (κ2) is 10.4. The Labute approximate surface area is 210 Å². The Morgan fingerprint density at radius 2 is 1.89 bits per heavy atom. The fourth-order valence-corrected chi connectivity index (χ4v) is 4.11. The molecule has 2 aromatic carbocycles. The van der Waals surface area contributed by atoms with Gasteiger partial charge >= 0.3 is 5.91 Å². The maximum atomic E-state index is 13.9. The maximum absolute atomic E-state index is 13.9. The van der Waals surface area contributed by atoms with Gasteiger partial charge in [-0.1, -0.05) is 23.2 Å². The van der Waals surface area contributed by atoms with Crippen LogP contribution in [0.4, 0.5) is 10.1 Å². The molecule has 35 heavy (non-hydrogen) atoms. The molecule has 0 bridgehead atoms. The summed E-state index contributed by atoms with van der Waals surface area (Å²) in [5.74, 6) is -1.43. The van der Waals surface area contributed by atoms with Crippen LogP contribution in [-0.4, -0.2) is 54.4 Å². The summed E-state index contributed by atoms with van der Waals surface area (Å²) < 4.78 is 19.5. The molecule has 4 rings (SSSR count). The number of halogens is 3. The number of anilines is 1. The Hall–Kier alpha value is -3.47. The number of carbonyl (C=O) groups excluding carboxylic acids is 2. The van der Waals surface area contributed by atoms with Crippen LogP contribution in [-0.2, 0) is 9.53 Å². The highest BCUT2D eigenvalue weighted by atomic mass is 35.5. The molecule has 6 N–H and O–H groups in total. The number of hydrogen-bond acceptors (Lipinski definition) is 6. The average Bonchev–Trinajstić information content (AvgIpc) is 3.21. The minimum absolute atomic E-state index is 0.0102. The van der Waals surface area contributed by atoms with E-state index in [4.69, 9.17) is 39.1 Å². The molecule has 0 saturated carbocycles. The Morgan fingerprint density at radius 3 is 2.57 bits per heavy atom. The van der Waals surface area contributed by atoms with Gasteiger partial charge in [0.2, 0.25) is 6.23 Å². The molecule has 0 aromatic heterocycles. The lowest BCUT2D eigenvalue weighted by atomic mass is 10.1. The van der Waals surface area contributed by atoms with Crippen LogP contribution >= 0.6 is 23.2 Å². The van der Waals surface area contributed by atoms with Gasteiger partial charge in [0.15, 0.2) is 11.6 Å². The topological polar surface area (TPSA) is 135 Å². The Kier molecular flexibility index (Phi) is 7.34. The van der Waals surface area contributed by atoms with Crippen LogP contribution in [0.1, 0.15) is 22.1 Å². The molecule has 0 unspecified atom stereocenters. The highest BCUT2D eigenvalue weighted by molar-refractivity contribution is 6.45. The Balaban J connectivity index is 1.40. The number of hydrogen-bond donors (Lipinski definition) is 4. The summed E-state index contributed by atoms with van der Waals surface area (Å²) in [4.78, 5) is 31.0. The number of benzene rings is 2. The van der Waals surface area contributed by atoms with E-state index >= 15 is 0 Å². The van der Waals surface area contributed by atoms with Crippen molar-refractivity contribution >= 4 is 52.3 Å². The molecule has 9 nitrogen and oxygen atoms in total. The number of aliphatic imine (C=N–C) groups is 1. The van der Waals surface area contributed by atoms with Gasteiger partial charge in [-0.3, -0.25) is 9.59 Å². The Morgan fingerprint density at radius 1 is 1.20 bits per heavy atom. The first-order chi connectivity index (χ1) is 16.7. The predicted octanol–water partition coefficient (Wildman–Crippen LogP) is 1.29. The first kappa shape index (κ1) is 24.6. The van der Waals surface area contributed by atoms with Crippen LogP contribution in [0.25, 0.3) is 0 Å². The van der Waals surface area contributed by atoms with Crippen molar-refractivity contribution in [1.82, 2.24) is 10.2 Å². The van der Waals surface area contributed by atoms with Crippen molar-refractivity contribution in [3.63, 3.8) is 0 Å². The lowest BCUT2D eigenvalue weighted by molar-refractivity contribution is -0.132. The molecule has 2 amide bonds. The molecule has 182 valence electrons. The van der Waals surface area contributed by atoms with Gasteiger partial charge in [0.25, 0.3) is 11.6 Å². The highest BCUT2D eigenvalue weighted by Gasteiger charge is 2.30. The molecule has 2 heterocycles. The SMILES string of the molecule is NC1=N[C@H](c2c(Cl)ccc(F)c2Cl)O/C1=C/C(=[NH2+])C(=O)Nc1ccc(C(=O)N2CCNCC2)cc1. The minimum Gasteiger partial charge on any atom is -0.460 e. The van der Waals surface area contributed by atoms with Gasteiger partial charge in [-0.15, -0.1) is 0 Å². The largest absolute Gasteiger partial charge is 0.460 e. The number of carbonyl (C=O) groups is 2. The quantitative estimate of drug-likeness (QED) is 0.348. The lowest BCUT2D eigenvalue weighted by Crippen LogP contribution is -2.46. The third-order valence-corrected chi connectivity index (χ3v) is 6.13. The number of nitrogens with one attached hydrogen (secondary N) is 2. The van der Waals surface area contributed by atoms with E-state index in [9.17, 15) is 14.0 Å². The van der Waals surface area contributed by atoms with E-state index in [0.717, 1.165) is 19.2 Å². The molecule has 0 radical (unpaired) electrons. The van der Waals surface area contributed by atoms with Crippen molar-refractivity contribution in [3.05, 3.63) is 75.2 Å². The van der Waals surface area contributed by atoms with E-state index in [0.29, 0.717) is 24.3 Å². The zero-order valence-electron chi connectivity index (χ0n) is 18.4. The van der Waals surface area contributed by atoms with Gasteiger partial charge < -0.3 is 26.0 Å². The molecule has 12 heteroatoms. The van der Waals surface area contributed by atoms with E-state index in [-0.39, 0.29) is 38.8 Å². The Bertz CT molecular complexity index is 1240. The molecule has 2 aliphatic rings.